The van der Waals surface area contributed by atoms with Gasteiger partial charge in [0.2, 0.25) is 5.91 Å². The van der Waals surface area contributed by atoms with Crippen LogP contribution in [0.3, 0.4) is 0 Å². The lowest BCUT2D eigenvalue weighted by Crippen LogP contribution is -2.28. The zero-order valence-electron chi connectivity index (χ0n) is 12.5. The van der Waals surface area contributed by atoms with Gasteiger partial charge in [-0.25, -0.2) is 0 Å². The van der Waals surface area contributed by atoms with E-state index in [0.717, 1.165) is 16.9 Å². The minimum Gasteiger partial charge on any atom is -0.349 e. The molecule has 112 valence electrons. The second-order valence-corrected chi connectivity index (χ2v) is 5.99. The van der Waals surface area contributed by atoms with E-state index in [-0.39, 0.29) is 11.9 Å². The van der Waals surface area contributed by atoms with E-state index in [1.165, 1.54) is 0 Å². The van der Waals surface area contributed by atoms with Crippen molar-refractivity contribution in [2.45, 2.75) is 18.7 Å². The van der Waals surface area contributed by atoms with Crippen LogP contribution < -0.4 is 5.32 Å². The quantitative estimate of drug-likeness (QED) is 0.885. The Morgan fingerprint density at radius 3 is 2.73 bits per heavy atom. The summed E-state index contributed by atoms with van der Waals surface area (Å²) in [5.74, 6) is 1.16. The Labute approximate surface area is 135 Å². The van der Waals surface area contributed by atoms with E-state index in [2.05, 4.69) is 11.4 Å². The maximum Gasteiger partial charge on any atom is 0.230 e. The molecule has 1 atom stereocenters. The Morgan fingerprint density at radius 1 is 1.23 bits per heavy atom. The number of hydrogen-bond acceptors (Lipinski definition) is 3. The smallest absolute Gasteiger partial charge is 0.230 e. The minimum absolute atomic E-state index is 0.0104. The van der Waals surface area contributed by atoms with E-state index in [4.69, 9.17) is 5.26 Å². The third-order valence-corrected chi connectivity index (χ3v) is 4.24. The van der Waals surface area contributed by atoms with Gasteiger partial charge in [0.05, 0.1) is 23.4 Å². The van der Waals surface area contributed by atoms with Crippen molar-refractivity contribution in [1.82, 2.24) is 5.32 Å². The Hall–Kier alpha value is -2.25. The van der Waals surface area contributed by atoms with E-state index in [9.17, 15) is 4.79 Å². The molecular weight excluding hydrogens is 292 g/mol. The average Bonchev–Trinajstić information content (AvgIpc) is 2.56. The molecule has 0 bridgehead atoms. The molecule has 0 spiro atoms. The van der Waals surface area contributed by atoms with Gasteiger partial charge in [-0.3, -0.25) is 4.79 Å². The SMILES string of the molecule is C[C@H](NC(=O)CSCc1cccc(C#N)c1)c1ccccc1. The molecular formula is C18H18N2OS. The summed E-state index contributed by atoms with van der Waals surface area (Å²) in [5.41, 5.74) is 2.82. The molecule has 3 nitrogen and oxygen atoms in total. The Balaban J connectivity index is 1.77. The van der Waals surface area contributed by atoms with Crippen LogP contribution in [0.2, 0.25) is 0 Å². The zero-order chi connectivity index (χ0) is 15.8. The molecule has 2 aromatic carbocycles. The van der Waals surface area contributed by atoms with E-state index in [1.54, 1.807) is 17.8 Å². The summed E-state index contributed by atoms with van der Waals surface area (Å²) in [7, 11) is 0. The van der Waals surface area contributed by atoms with Crippen LogP contribution in [0.15, 0.2) is 54.6 Å². The lowest BCUT2D eigenvalue weighted by Gasteiger charge is -2.14. The Kier molecular flexibility index (Phi) is 6.05. The highest BCUT2D eigenvalue weighted by Gasteiger charge is 2.09. The standard InChI is InChI=1S/C18H18N2OS/c1-14(17-8-3-2-4-9-17)20-18(21)13-22-12-16-7-5-6-15(10-16)11-19/h2-10,14H,12-13H2,1H3,(H,20,21)/t14-/m0/s1. The molecule has 0 aliphatic rings. The molecule has 0 aromatic heterocycles. The van der Waals surface area contributed by atoms with Crippen molar-refractivity contribution in [3.05, 3.63) is 71.3 Å². The molecule has 0 unspecified atom stereocenters. The van der Waals surface area contributed by atoms with Crippen LogP contribution in [0, 0.1) is 11.3 Å². The van der Waals surface area contributed by atoms with Crippen LogP contribution in [0.1, 0.15) is 29.7 Å². The highest BCUT2D eigenvalue weighted by molar-refractivity contribution is 7.99. The van der Waals surface area contributed by atoms with Crippen molar-refractivity contribution < 1.29 is 4.79 Å². The van der Waals surface area contributed by atoms with Gasteiger partial charge in [-0.15, -0.1) is 11.8 Å². The average molecular weight is 310 g/mol. The number of hydrogen-bond donors (Lipinski definition) is 1. The van der Waals surface area contributed by atoms with Crippen molar-refractivity contribution in [3.63, 3.8) is 0 Å². The number of benzene rings is 2. The summed E-state index contributed by atoms with van der Waals surface area (Å²) in [6, 6.07) is 19.5. The number of carbonyl (C=O) groups excluding carboxylic acids is 1. The number of nitriles is 1. The van der Waals surface area contributed by atoms with Gasteiger partial charge in [0.1, 0.15) is 0 Å². The van der Waals surface area contributed by atoms with Crippen molar-refractivity contribution in [3.8, 4) is 6.07 Å². The highest BCUT2D eigenvalue weighted by atomic mass is 32.2. The molecule has 1 amide bonds. The van der Waals surface area contributed by atoms with Crippen molar-refractivity contribution >= 4 is 17.7 Å². The Morgan fingerprint density at radius 2 is 2.00 bits per heavy atom. The summed E-state index contributed by atoms with van der Waals surface area (Å²) in [5, 5.41) is 11.9. The van der Waals surface area contributed by atoms with E-state index < -0.39 is 0 Å². The number of thioether (sulfide) groups is 1. The molecule has 0 saturated carbocycles. The van der Waals surface area contributed by atoms with Gasteiger partial charge in [-0.2, -0.15) is 5.26 Å². The van der Waals surface area contributed by atoms with Gasteiger partial charge in [0.25, 0.3) is 0 Å². The second-order valence-electron chi connectivity index (χ2n) is 5.00. The van der Waals surface area contributed by atoms with Gasteiger partial charge >= 0.3 is 0 Å². The van der Waals surface area contributed by atoms with Crippen LogP contribution in [0.4, 0.5) is 0 Å². The second kappa shape index (κ2) is 8.26. The maximum atomic E-state index is 12.0. The van der Waals surface area contributed by atoms with Gasteiger partial charge < -0.3 is 5.32 Å². The first-order chi connectivity index (χ1) is 10.7. The fraction of sp³-hybridized carbons (Fsp3) is 0.222. The zero-order valence-corrected chi connectivity index (χ0v) is 13.3. The monoisotopic (exact) mass is 310 g/mol. The third kappa shape index (κ3) is 4.94. The van der Waals surface area contributed by atoms with Crippen molar-refractivity contribution in [1.29, 1.82) is 5.26 Å². The molecule has 0 heterocycles. The van der Waals surface area contributed by atoms with Crippen molar-refractivity contribution in [2.75, 3.05) is 5.75 Å². The van der Waals surface area contributed by atoms with Crippen molar-refractivity contribution in [2.24, 2.45) is 0 Å². The van der Waals surface area contributed by atoms with Gasteiger partial charge in [0, 0.05) is 5.75 Å². The molecule has 2 rings (SSSR count). The lowest BCUT2D eigenvalue weighted by molar-refractivity contribution is -0.119. The van der Waals surface area contributed by atoms with Crippen LogP contribution >= 0.6 is 11.8 Å². The summed E-state index contributed by atoms with van der Waals surface area (Å²) in [6.45, 7) is 1.98. The fourth-order valence-electron chi connectivity index (χ4n) is 2.10. The molecule has 4 heteroatoms. The summed E-state index contributed by atoms with van der Waals surface area (Å²) < 4.78 is 0. The molecule has 0 aliphatic heterocycles. The predicted molar refractivity (Wildman–Crippen MR) is 90.3 cm³/mol. The molecule has 0 saturated heterocycles. The number of nitrogens with zero attached hydrogens (tertiary/aromatic N) is 1. The predicted octanol–water partition coefficient (Wildman–Crippen LogP) is 3.67. The number of nitrogens with one attached hydrogen (secondary N) is 1. The number of rotatable bonds is 6. The Bertz CT molecular complexity index is 664. The fourth-order valence-corrected chi connectivity index (χ4v) is 2.89. The molecule has 0 radical (unpaired) electrons. The van der Waals surface area contributed by atoms with Crippen LogP contribution in [0.25, 0.3) is 0 Å². The maximum absolute atomic E-state index is 12.0. The minimum atomic E-state index is 0.0104. The van der Waals surface area contributed by atoms with Crippen LogP contribution in [-0.4, -0.2) is 11.7 Å². The van der Waals surface area contributed by atoms with Gasteiger partial charge in [-0.1, -0.05) is 42.5 Å². The van der Waals surface area contributed by atoms with E-state index in [1.807, 2.05) is 55.5 Å². The third-order valence-electron chi connectivity index (χ3n) is 3.24. The summed E-state index contributed by atoms with van der Waals surface area (Å²) in [6.07, 6.45) is 0. The van der Waals surface area contributed by atoms with Gasteiger partial charge in [-0.05, 0) is 30.2 Å². The number of amides is 1. The van der Waals surface area contributed by atoms with E-state index >= 15 is 0 Å². The molecule has 0 aliphatic carbocycles. The lowest BCUT2D eigenvalue weighted by atomic mass is 10.1. The first-order valence-electron chi connectivity index (χ1n) is 7.10. The van der Waals surface area contributed by atoms with Crippen LogP contribution in [0.5, 0.6) is 0 Å². The largest absolute Gasteiger partial charge is 0.349 e. The molecule has 1 N–H and O–H groups in total. The van der Waals surface area contributed by atoms with E-state index in [0.29, 0.717) is 11.3 Å². The molecule has 0 fully saturated rings. The highest BCUT2D eigenvalue weighted by Crippen LogP contribution is 2.15. The molecule has 22 heavy (non-hydrogen) atoms. The summed E-state index contributed by atoms with van der Waals surface area (Å²) in [4.78, 5) is 12.0. The molecule has 2 aromatic rings. The topological polar surface area (TPSA) is 52.9 Å². The normalized spacial score (nSPS) is 11.5. The van der Waals surface area contributed by atoms with Gasteiger partial charge in [0.15, 0.2) is 0 Å². The summed E-state index contributed by atoms with van der Waals surface area (Å²) >= 11 is 1.55. The van der Waals surface area contributed by atoms with Crippen LogP contribution in [-0.2, 0) is 10.5 Å². The first-order valence-corrected chi connectivity index (χ1v) is 8.25. The number of carbonyl (C=O) groups is 1. The first kappa shape index (κ1) is 16.1.